The first-order chi connectivity index (χ1) is 9.79. The highest BCUT2D eigenvalue weighted by atomic mass is 35.5. The molecule has 112 valence electrons. The molecule has 0 unspecified atom stereocenters. The molecular formula is C12H10Cl2N2O4S. The average Bonchev–Trinajstić information content (AvgIpc) is 2.87. The number of anilines is 1. The second-order valence-corrected chi connectivity index (χ2v) is 6.36. The van der Waals surface area contributed by atoms with E-state index in [0.717, 1.165) is 6.07 Å². The molecule has 0 amide bonds. The Morgan fingerprint density at radius 1 is 1.38 bits per heavy atom. The molecule has 9 heteroatoms. The fraction of sp³-hybridized carbons (Fsp3) is 0.0833. The van der Waals surface area contributed by atoms with Crippen LogP contribution in [0.4, 0.5) is 5.69 Å². The molecule has 0 fully saturated rings. The summed E-state index contributed by atoms with van der Waals surface area (Å²) in [6.45, 7) is 0.273. The summed E-state index contributed by atoms with van der Waals surface area (Å²) in [5, 5.41) is 6.98. The van der Waals surface area contributed by atoms with Crippen molar-refractivity contribution in [2.75, 3.05) is 5.32 Å². The molecule has 0 aliphatic carbocycles. The summed E-state index contributed by atoms with van der Waals surface area (Å²) >= 11 is 11.3. The average molecular weight is 349 g/mol. The van der Waals surface area contributed by atoms with Gasteiger partial charge in [0.05, 0.1) is 23.4 Å². The maximum Gasteiger partial charge on any atom is 0.254 e. The van der Waals surface area contributed by atoms with Crippen molar-refractivity contribution in [3.05, 3.63) is 46.9 Å². The van der Waals surface area contributed by atoms with E-state index in [1.165, 1.54) is 12.3 Å². The Bertz CT molecular complexity index is 773. The van der Waals surface area contributed by atoms with E-state index in [1.807, 2.05) is 0 Å². The summed E-state index contributed by atoms with van der Waals surface area (Å²) in [6.07, 6.45) is 1.50. The molecule has 0 radical (unpaired) electrons. The Labute approximate surface area is 130 Å². The van der Waals surface area contributed by atoms with Crippen LogP contribution in [0.1, 0.15) is 16.1 Å². The van der Waals surface area contributed by atoms with Gasteiger partial charge in [0.15, 0.2) is 0 Å². The maximum atomic E-state index is 11.4. The van der Waals surface area contributed by atoms with Crippen LogP contribution in [0.3, 0.4) is 0 Å². The van der Waals surface area contributed by atoms with E-state index in [1.54, 1.807) is 12.1 Å². The Hall–Kier alpha value is -1.54. The zero-order valence-corrected chi connectivity index (χ0v) is 12.8. The number of hydrogen-bond acceptors (Lipinski definition) is 5. The predicted molar refractivity (Wildman–Crippen MR) is 79.0 cm³/mol. The molecule has 1 heterocycles. The third-order valence-electron chi connectivity index (χ3n) is 2.62. The Balaban J connectivity index is 2.41. The lowest BCUT2D eigenvalue weighted by Gasteiger charge is -2.11. The van der Waals surface area contributed by atoms with Gasteiger partial charge in [0.2, 0.25) is 10.0 Å². The first-order valence-corrected chi connectivity index (χ1v) is 7.91. The van der Waals surface area contributed by atoms with E-state index in [9.17, 15) is 13.2 Å². The van der Waals surface area contributed by atoms with Gasteiger partial charge in [0.1, 0.15) is 10.7 Å². The molecular weight excluding hydrogens is 339 g/mol. The van der Waals surface area contributed by atoms with Crippen molar-refractivity contribution in [1.82, 2.24) is 0 Å². The van der Waals surface area contributed by atoms with Gasteiger partial charge >= 0.3 is 0 Å². The topological polar surface area (TPSA) is 102 Å². The molecule has 0 spiro atoms. The summed E-state index contributed by atoms with van der Waals surface area (Å²) in [5.41, 5.74) is 0.237. The highest BCUT2D eigenvalue weighted by Gasteiger charge is 2.19. The second-order valence-electron chi connectivity index (χ2n) is 4.08. The molecule has 21 heavy (non-hydrogen) atoms. The predicted octanol–water partition coefficient (Wildman–Crippen LogP) is 2.57. The largest absolute Gasteiger partial charge is 0.467 e. The zero-order chi connectivity index (χ0) is 15.6. The lowest BCUT2D eigenvalue weighted by molar-refractivity contribution is 0.108. The summed E-state index contributed by atoms with van der Waals surface area (Å²) in [5.74, 6) is 0.620. The molecule has 3 N–H and O–H groups in total. The molecule has 2 rings (SSSR count). The van der Waals surface area contributed by atoms with Crippen molar-refractivity contribution >= 4 is 44.2 Å². The van der Waals surface area contributed by atoms with Crippen molar-refractivity contribution in [1.29, 1.82) is 0 Å². The van der Waals surface area contributed by atoms with Gasteiger partial charge in [-0.05, 0) is 35.9 Å². The number of hydrogen-bond donors (Lipinski definition) is 2. The van der Waals surface area contributed by atoms with Gasteiger partial charge in [-0.15, -0.1) is 0 Å². The van der Waals surface area contributed by atoms with Crippen LogP contribution in [-0.2, 0) is 16.6 Å². The highest BCUT2D eigenvalue weighted by Crippen LogP contribution is 2.29. The summed E-state index contributed by atoms with van der Waals surface area (Å²) in [7, 11) is -4.05. The Morgan fingerprint density at radius 2 is 2.10 bits per heavy atom. The molecule has 0 saturated heterocycles. The lowest BCUT2D eigenvalue weighted by atomic mass is 10.2. The second kappa shape index (κ2) is 6.07. The molecule has 6 nitrogen and oxygen atoms in total. The van der Waals surface area contributed by atoms with Crippen molar-refractivity contribution in [2.24, 2.45) is 5.14 Å². The number of sulfonamides is 1. The van der Waals surface area contributed by atoms with E-state index in [4.69, 9.17) is 32.8 Å². The smallest absolute Gasteiger partial charge is 0.254 e. The molecule has 0 aliphatic heterocycles. The Kier molecular flexibility index (Phi) is 4.58. The zero-order valence-electron chi connectivity index (χ0n) is 10.5. The SMILES string of the molecule is NS(=O)(=O)c1cc(C(=O)Cl)c(NCc2ccco2)cc1Cl. The number of primary sulfonamides is 1. The monoisotopic (exact) mass is 348 g/mol. The minimum Gasteiger partial charge on any atom is -0.467 e. The molecule has 0 bridgehead atoms. The lowest BCUT2D eigenvalue weighted by Crippen LogP contribution is -2.14. The fourth-order valence-electron chi connectivity index (χ4n) is 1.68. The molecule has 0 saturated carbocycles. The van der Waals surface area contributed by atoms with Crippen LogP contribution >= 0.6 is 23.2 Å². The quantitative estimate of drug-likeness (QED) is 0.808. The number of benzene rings is 1. The molecule has 0 atom stereocenters. The minimum atomic E-state index is -4.05. The van der Waals surface area contributed by atoms with Gasteiger partial charge < -0.3 is 9.73 Å². The molecule has 1 aromatic heterocycles. The fourth-order valence-corrected chi connectivity index (χ4v) is 2.93. The van der Waals surface area contributed by atoms with E-state index < -0.39 is 15.3 Å². The molecule has 1 aromatic carbocycles. The van der Waals surface area contributed by atoms with Crippen molar-refractivity contribution in [3.63, 3.8) is 0 Å². The highest BCUT2D eigenvalue weighted by molar-refractivity contribution is 7.89. The molecule has 2 aromatic rings. The number of rotatable bonds is 5. The summed E-state index contributed by atoms with van der Waals surface area (Å²) in [4.78, 5) is 11.1. The van der Waals surface area contributed by atoms with Crippen LogP contribution in [-0.4, -0.2) is 13.7 Å². The van der Waals surface area contributed by atoms with Gasteiger partial charge in [-0.1, -0.05) is 11.6 Å². The van der Waals surface area contributed by atoms with E-state index >= 15 is 0 Å². The van der Waals surface area contributed by atoms with Crippen LogP contribution in [0.2, 0.25) is 5.02 Å². The van der Waals surface area contributed by atoms with Gasteiger partial charge in [-0.2, -0.15) is 0 Å². The van der Waals surface area contributed by atoms with Crippen molar-refractivity contribution < 1.29 is 17.6 Å². The minimum absolute atomic E-state index is 0.0448. The molecule has 0 aliphatic rings. The van der Waals surface area contributed by atoms with Crippen LogP contribution in [0.5, 0.6) is 0 Å². The Morgan fingerprint density at radius 3 is 2.62 bits per heavy atom. The normalized spacial score (nSPS) is 11.4. The number of nitrogens with two attached hydrogens (primary N) is 1. The van der Waals surface area contributed by atoms with Gasteiger partial charge in [-0.3, -0.25) is 4.79 Å². The van der Waals surface area contributed by atoms with Crippen molar-refractivity contribution in [3.8, 4) is 0 Å². The van der Waals surface area contributed by atoms with Gasteiger partial charge in [-0.25, -0.2) is 13.6 Å². The van der Waals surface area contributed by atoms with Crippen LogP contribution in [0, 0.1) is 0 Å². The first-order valence-electron chi connectivity index (χ1n) is 5.61. The van der Waals surface area contributed by atoms with E-state index in [-0.39, 0.29) is 27.7 Å². The van der Waals surface area contributed by atoms with Crippen molar-refractivity contribution in [2.45, 2.75) is 11.4 Å². The van der Waals surface area contributed by atoms with E-state index in [2.05, 4.69) is 5.32 Å². The standard InChI is InChI=1S/C12H10Cl2N2O4S/c13-9-5-10(16-6-7-2-1-3-20-7)8(12(14)17)4-11(9)21(15,18)19/h1-5,16H,6H2,(H2,15,18,19). The third-order valence-corrected chi connectivity index (χ3v) is 4.20. The number of halogens is 2. The number of nitrogens with one attached hydrogen (secondary N) is 1. The van der Waals surface area contributed by atoms with E-state index in [0.29, 0.717) is 5.76 Å². The first kappa shape index (κ1) is 15.8. The summed E-state index contributed by atoms with van der Waals surface area (Å²) in [6, 6.07) is 5.76. The maximum absolute atomic E-state index is 11.4. The number of carbonyl (C=O) groups excluding carboxylic acids is 1. The van der Waals surface area contributed by atoms with Gasteiger partial charge in [0, 0.05) is 5.69 Å². The van der Waals surface area contributed by atoms with Gasteiger partial charge in [0.25, 0.3) is 5.24 Å². The number of furan rings is 1. The van der Waals surface area contributed by atoms with Crippen LogP contribution in [0.15, 0.2) is 39.8 Å². The number of carbonyl (C=O) groups is 1. The van der Waals surface area contributed by atoms with Crippen LogP contribution in [0.25, 0.3) is 0 Å². The van der Waals surface area contributed by atoms with Crippen LogP contribution < -0.4 is 10.5 Å². The summed E-state index contributed by atoms with van der Waals surface area (Å²) < 4.78 is 27.9. The third kappa shape index (κ3) is 3.76.